The van der Waals surface area contributed by atoms with Gasteiger partial charge < -0.3 is 14.6 Å². The molecule has 3 heterocycles. The van der Waals surface area contributed by atoms with Crippen molar-refractivity contribution < 1.29 is 14.0 Å². The van der Waals surface area contributed by atoms with Gasteiger partial charge in [0.25, 0.3) is 5.91 Å². The van der Waals surface area contributed by atoms with Crippen molar-refractivity contribution in [3.63, 3.8) is 0 Å². The summed E-state index contributed by atoms with van der Waals surface area (Å²) in [6, 6.07) is 11.2. The van der Waals surface area contributed by atoms with Crippen LogP contribution < -0.4 is 5.32 Å². The molecule has 144 valence electrons. The molecule has 0 spiro atoms. The minimum atomic E-state index is -0.137. The molecule has 2 aromatic heterocycles. The van der Waals surface area contributed by atoms with Gasteiger partial charge in [-0.1, -0.05) is 12.1 Å². The molecule has 28 heavy (non-hydrogen) atoms. The van der Waals surface area contributed by atoms with Crippen LogP contribution >= 0.6 is 15.9 Å². The van der Waals surface area contributed by atoms with Gasteiger partial charge >= 0.3 is 0 Å². The van der Waals surface area contributed by atoms with E-state index in [4.69, 9.17) is 4.42 Å². The summed E-state index contributed by atoms with van der Waals surface area (Å²) < 4.78 is 6.58. The number of aryl methyl sites for hydroxylation is 1. The number of rotatable bonds is 3. The van der Waals surface area contributed by atoms with Gasteiger partial charge in [0.1, 0.15) is 11.4 Å². The van der Waals surface area contributed by atoms with Crippen LogP contribution in [0.4, 0.5) is 5.82 Å². The number of pyridine rings is 1. The molecule has 0 atom stereocenters. The van der Waals surface area contributed by atoms with E-state index in [1.165, 1.54) is 0 Å². The lowest BCUT2D eigenvalue weighted by Crippen LogP contribution is -2.41. The number of fused-ring (bicyclic) bond motifs is 1. The van der Waals surface area contributed by atoms with Gasteiger partial charge in [-0.25, -0.2) is 4.98 Å². The second-order valence-electron chi connectivity index (χ2n) is 7.04. The maximum absolute atomic E-state index is 12.8. The third-order valence-corrected chi connectivity index (χ3v) is 5.65. The summed E-state index contributed by atoms with van der Waals surface area (Å²) in [5.41, 5.74) is 1.72. The van der Waals surface area contributed by atoms with Crippen LogP contribution in [0.2, 0.25) is 0 Å². The number of piperidine rings is 1. The molecule has 0 unspecified atom stereocenters. The number of carbonyl (C=O) groups excluding carboxylic acids is 2. The van der Waals surface area contributed by atoms with Gasteiger partial charge in [0.2, 0.25) is 5.91 Å². The number of carbonyl (C=O) groups is 2. The number of nitrogens with one attached hydrogen (secondary N) is 1. The quantitative estimate of drug-likeness (QED) is 0.653. The Morgan fingerprint density at radius 2 is 2.00 bits per heavy atom. The van der Waals surface area contributed by atoms with Crippen LogP contribution in [0.3, 0.4) is 0 Å². The molecule has 1 aliphatic heterocycles. The molecule has 0 aliphatic carbocycles. The predicted molar refractivity (Wildman–Crippen MR) is 110 cm³/mol. The van der Waals surface area contributed by atoms with Crippen LogP contribution in [-0.2, 0) is 4.79 Å². The molecule has 7 heteroatoms. The van der Waals surface area contributed by atoms with Crippen LogP contribution in [0, 0.1) is 12.8 Å². The lowest BCUT2D eigenvalue weighted by Gasteiger charge is -2.30. The molecule has 1 fully saturated rings. The Labute approximate surface area is 171 Å². The highest BCUT2D eigenvalue weighted by atomic mass is 79.9. The van der Waals surface area contributed by atoms with Gasteiger partial charge in [-0.05, 0) is 65.5 Å². The summed E-state index contributed by atoms with van der Waals surface area (Å²) in [4.78, 5) is 31.2. The third kappa shape index (κ3) is 3.80. The van der Waals surface area contributed by atoms with E-state index >= 15 is 0 Å². The molecule has 6 nitrogen and oxygen atoms in total. The second kappa shape index (κ2) is 7.75. The highest BCUT2D eigenvalue weighted by molar-refractivity contribution is 9.10. The minimum Gasteiger partial charge on any atom is -0.450 e. The molecule has 4 rings (SSSR count). The first kappa shape index (κ1) is 18.7. The largest absolute Gasteiger partial charge is 0.450 e. The van der Waals surface area contributed by atoms with Gasteiger partial charge in [0, 0.05) is 30.6 Å². The van der Waals surface area contributed by atoms with Gasteiger partial charge in [0.05, 0.1) is 4.47 Å². The number of nitrogens with zero attached hydrogens (tertiary/aromatic N) is 2. The van der Waals surface area contributed by atoms with E-state index in [0.29, 0.717) is 43.1 Å². The maximum Gasteiger partial charge on any atom is 0.289 e. The van der Waals surface area contributed by atoms with Crippen molar-refractivity contribution in [2.45, 2.75) is 19.8 Å². The zero-order valence-corrected chi connectivity index (χ0v) is 17.0. The minimum absolute atomic E-state index is 0.0436. The molecule has 1 saturated heterocycles. The van der Waals surface area contributed by atoms with Gasteiger partial charge in [0.15, 0.2) is 5.76 Å². The van der Waals surface area contributed by atoms with E-state index in [1.807, 2.05) is 37.3 Å². The van der Waals surface area contributed by atoms with E-state index < -0.39 is 0 Å². The molecular weight excluding hydrogens is 422 g/mol. The standard InChI is InChI=1S/C21H20BrN3O3/c1-13-5-8-23-18(11-13)24-20(26)14-6-9-25(10-7-14)21(27)17-12-15-3-2-4-16(22)19(15)28-17/h2-5,8,11-12,14H,6-7,9-10H2,1H3,(H,23,24,26). The van der Waals surface area contributed by atoms with E-state index in [1.54, 1.807) is 17.2 Å². The van der Waals surface area contributed by atoms with Crippen LogP contribution in [0.5, 0.6) is 0 Å². The zero-order chi connectivity index (χ0) is 19.7. The Balaban J connectivity index is 1.38. The number of furan rings is 1. The number of benzene rings is 1. The highest BCUT2D eigenvalue weighted by Crippen LogP contribution is 2.28. The number of aromatic nitrogens is 1. The molecule has 2 amide bonds. The molecule has 1 N–H and O–H groups in total. The fourth-order valence-electron chi connectivity index (χ4n) is 3.47. The summed E-state index contributed by atoms with van der Waals surface area (Å²) in [6.07, 6.45) is 2.92. The maximum atomic E-state index is 12.8. The van der Waals surface area contributed by atoms with Crippen molar-refractivity contribution in [2.24, 2.45) is 5.92 Å². The van der Waals surface area contributed by atoms with Crippen LogP contribution in [-0.4, -0.2) is 34.8 Å². The summed E-state index contributed by atoms with van der Waals surface area (Å²) in [5, 5.41) is 3.76. The average Bonchev–Trinajstić information content (AvgIpc) is 3.13. The summed E-state index contributed by atoms with van der Waals surface area (Å²) in [7, 11) is 0. The molecule has 0 radical (unpaired) electrons. The molecule has 3 aromatic rings. The molecular formula is C21H20BrN3O3. The number of anilines is 1. The van der Waals surface area contributed by atoms with Crippen molar-refractivity contribution in [3.8, 4) is 0 Å². The van der Waals surface area contributed by atoms with Crippen LogP contribution in [0.15, 0.2) is 51.5 Å². The fraction of sp³-hybridized carbons (Fsp3) is 0.286. The van der Waals surface area contributed by atoms with E-state index in [-0.39, 0.29) is 17.7 Å². The topological polar surface area (TPSA) is 75.4 Å². The van der Waals surface area contributed by atoms with Crippen molar-refractivity contribution >= 4 is 44.5 Å². The van der Waals surface area contributed by atoms with Crippen molar-refractivity contribution in [2.75, 3.05) is 18.4 Å². The molecule has 1 aromatic carbocycles. The Bertz CT molecular complexity index is 1040. The average molecular weight is 442 g/mol. The van der Waals surface area contributed by atoms with Crippen molar-refractivity contribution in [1.82, 2.24) is 9.88 Å². The molecule has 0 bridgehead atoms. The van der Waals surface area contributed by atoms with Crippen molar-refractivity contribution in [3.05, 3.63) is 58.4 Å². The number of para-hydroxylation sites is 1. The Hall–Kier alpha value is -2.67. The van der Waals surface area contributed by atoms with E-state index in [0.717, 1.165) is 15.4 Å². The number of amides is 2. The first-order chi connectivity index (χ1) is 13.5. The monoisotopic (exact) mass is 441 g/mol. The number of hydrogen-bond donors (Lipinski definition) is 1. The third-order valence-electron chi connectivity index (χ3n) is 5.03. The lowest BCUT2D eigenvalue weighted by molar-refractivity contribution is -0.121. The van der Waals surface area contributed by atoms with E-state index in [2.05, 4.69) is 26.2 Å². The molecule has 0 saturated carbocycles. The predicted octanol–water partition coefficient (Wildman–Crippen LogP) is 4.39. The first-order valence-corrected chi connectivity index (χ1v) is 10.0. The summed E-state index contributed by atoms with van der Waals surface area (Å²) in [5.74, 6) is 0.585. The summed E-state index contributed by atoms with van der Waals surface area (Å²) in [6.45, 7) is 3.00. The van der Waals surface area contributed by atoms with E-state index in [9.17, 15) is 9.59 Å². The van der Waals surface area contributed by atoms with Crippen LogP contribution in [0.25, 0.3) is 11.0 Å². The van der Waals surface area contributed by atoms with Gasteiger partial charge in [-0.2, -0.15) is 0 Å². The Morgan fingerprint density at radius 1 is 1.21 bits per heavy atom. The van der Waals surface area contributed by atoms with Gasteiger partial charge in [-0.3, -0.25) is 9.59 Å². The SMILES string of the molecule is Cc1ccnc(NC(=O)C2CCN(C(=O)c3cc4cccc(Br)c4o3)CC2)c1. The smallest absolute Gasteiger partial charge is 0.289 e. The second-order valence-corrected chi connectivity index (χ2v) is 7.90. The highest BCUT2D eigenvalue weighted by Gasteiger charge is 2.29. The molecule has 1 aliphatic rings. The normalized spacial score (nSPS) is 15.0. The van der Waals surface area contributed by atoms with Crippen LogP contribution in [0.1, 0.15) is 29.0 Å². The number of hydrogen-bond acceptors (Lipinski definition) is 4. The lowest BCUT2D eigenvalue weighted by atomic mass is 9.95. The fourth-order valence-corrected chi connectivity index (χ4v) is 3.93. The zero-order valence-electron chi connectivity index (χ0n) is 15.4. The summed E-state index contributed by atoms with van der Waals surface area (Å²) >= 11 is 3.44. The van der Waals surface area contributed by atoms with Crippen molar-refractivity contribution in [1.29, 1.82) is 0 Å². The Kier molecular flexibility index (Phi) is 5.17. The Morgan fingerprint density at radius 3 is 2.71 bits per heavy atom. The first-order valence-electron chi connectivity index (χ1n) is 9.22. The number of halogens is 1. The van der Waals surface area contributed by atoms with Gasteiger partial charge in [-0.15, -0.1) is 0 Å². The number of likely N-dealkylation sites (tertiary alicyclic amines) is 1.